The van der Waals surface area contributed by atoms with Crippen molar-refractivity contribution in [1.29, 1.82) is 0 Å². The van der Waals surface area contributed by atoms with Crippen LogP contribution in [0.15, 0.2) is 53.4 Å². The van der Waals surface area contributed by atoms with Crippen molar-refractivity contribution in [1.82, 2.24) is 10.6 Å². The van der Waals surface area contributed by atoms with Crippen LogP contribution in [0.25, 0.3) is 0 Å². The van der Waals surface area contributed by atoms with E-state index >= 15 is 0 Å². The smallest absolute Gasteiger partial charge is 0.238 e. The predicted octanol–water partition coefficient (Wildman–Crippen LogP) is 3.98. The highest BCUT2D eigenvalue weighted by atomic mass is 32.2. The summed E-state index contributed by atoms with van der Waals surface area (Å²) >= 11 is 0. The number of primary sulfonamides is 1. The molecule has 0 heterocycles. The zero-order valence-corrected chi connectivity index (χ0v) is 19.8. The van der Waals surface area contributed by atoms with Crippen LogP contribution < -0.4 is 15.8 Å². The summed E-state index contributed by atoms with van der Waals surface area (Å²) in [6.07, 6.45) is 6.59. The maximum Gasteiger partial charge on any atom is 0.238 e. The van der Waals surface area contributed by atoms with E-state index in [1.807, 2.05) is 0 Å². The fourth-order valence-corrected chi connectivity index (χ4v) is 4.93. The van der Waals surface area contributed by atoms with Gasteiger partial charge in [0.05, 0.1) is 11.4 Å². The number of nitrogens with one attached hydrogen (secondary N) is 2. The molecular weight excluding hydrogens is 422 g/mol. The van der Waals surface area contributed by atoms with Gasteiger partial charge in [0.25, 0.3) is 0 Å². The van der Waals surface area contributed by atoms with Gasteiger partial charge in [-0.2, -0.15) is 0 Å². The number of hydrogen-bond acceptors (Lipinski definition) is 4. The number of rotatable bonds is 9. The topological polar surface area (TPSA) is 101 Å². The third-order valence-electron chi connectivity index (χ3n) is 6.26. The number of carbonyl (C=O) groups excluding carboxylic acids is 1. The van der Waals surface area contributed by atoms with Crippen LogP contribution in [0.3, 0.4) is 0 Å². The summed E-state index contributed by atoms with van der Waals surface area (Å²) < 4.78 is 22.7. The standard InChI is InChI=1S/C25H35N3O3S/c1-18(2)25(22-12-10-21(11-13-22)20-6-4-3-5-7-20)28-17-24(29)27-16-19-8-14-23(15-9-19)32(26,30)31/h8-15,18,20,25,28H,3-7,16-17H2,1-2H3,(H,27,29)(H2,26,30,31). The van der Waals surface area contributed by atoms with Crippen molar-refractivity contribution >= 4 is 15.9 Å². The summed E-state index contributed by atoms with van der Waals surface area (Å²) in [6.45, 7) is 4.84. The Kier molecular flexibility index (Phi) is 8.45. The zero-order chi connectivity index (χ0) is 23.1. The van der Waals surface area contributed by atoms with Gasteiger partial charge < -0.3 is 10.6 Å². The lowest BCUT2D eigenvalue weighted by Crippen LogP contribution is -2.37. The first-order chi connectivity index (χ1) is 15.2. The Balaban J connectivity index is 1.52. The average Bonchev–Trinajstić information content (AvgIpc) is 2.78. The summed E-state index contributed by atoms with van der Waals surface area (Å²) in [7, 11) is -3.71. The highest BCUT2D eigenvalue weighted by Crippen LogP contribution is 2.33. The molecule has 0 spiro atoms. The van der Waals surface area contributed by atoms with Gasteiger partial charge in [-0.1, -0.05) is 69.5 Å². The molecule has 0 aliphatic heterocycles. The molecule has 0 bridgehead atoms. The van der Waals surface area contributed by atoms with Crippen LogP contribution >= 0.6 is 0 Å². The van der Waals surface area contributed by atoms with Crippen molar-refractivity contribution < 1.29 is 13.2 Å². The van der Waals surface area contributed by atoms with Gasteiger partial charge in [0.2, 0.25) is 15.9 Å². The molecule has 32 heavy (non-hydrogen) atoms. The molecule has 2 aromatic rings. The van der Waals surface area contributed by atoms with E-state index in [0.717, 1.165) is 5.56 Å². The molecule has 174 valence electrons. The van der Waals surface area contributed by atoms with Gasteiger partial charge in [-0.3, -0.25) is 4.79 Å². The summed E-state index contributed by atoms with van der Waals surface area (Å²) in [5.74, 6) is 0.923. The van der Waals surface area contributed by atoms with Crippen molar-refractivity contribution in [2.75, 3.05) is 6.54 Å². The average molecular weight is 458 g/mol. The molecule has 0 aromatic heterocycles. The summed E-state index contributed by atoms with van der Waals surface area (Å²) in [6, 6.07) is 15.2. The van der Waals surface area contributed by atoms with Crippen LogP contribution in [0.5, 0.6) is 0 Å². The molecule has 0 saturated heterocycles. The molecule has 3 rings (SSSR count). The van der Waals surface area contributed by atoms with Crippen molar-refractivity contribution in [3.05, 3.63) is 65.2 Å². The second-order valence-electron chi connectivity index (χ2n) is 9.07. The molecule has 7 heteroatoms. The van der Waals surface area contributed by atoms with E-state index in [1.54, 1.807) is 12.1 Å². The molecule has 4 N–H and O–H groups in total. The minimum atomic E-state index is -3.71. The second kappa shape index (κ2) is 11.1. The minimum absolute atomic E-state index is 0.0588. The van der Waals surface area contributed by atoms with Crippen LogP contribution in [0.1, 0.15) is 74.6 Å². The van der Waals surface area contributed by atoms with E-state index in [2.05, 4.69) is 48.7 Å². The van der Waals surface area contributed by atoms with E-state index in [-0.39, 0.29) is 23.4 Å². The molecule has 1 aliphatic carbocycles. The lowest BCUT2D eigenvalue weighted by Gasteiger charge is -2.25. The number of amides is 1. The number of sulfonamides is 1. The third-order valence-corrected chi connectivity index (χ3v) is 7.19. The van der Waals surface area contributed by atoms with Crippen LogP contribution in [0.2, 0.25) is 0 Å². The molecule has 1 saturated carbocycles. The second-order valence-corrected chi connectivity index (χ2v) is 10.6. The molecule has 1 aliphatic rings. The summed E-state index contributed by atoms with van der Waals surface area (Å²) in [4.78, 5) is 12.4. The molecule has 1 unspecified atom stereocenters. The van der Waals surface area contributed by atoms with Gasteiger partial charge in [0.15, 0.2) is 0 Å². The molecule has 1 atom stereocenters. The zero-order valence-electron chi connectivity index (χ0n) is 19.0. The van der Waals surface area contributed by atoms with Gasteiger partial charge in [0.1, 0.15) is 0 Å². The highest BCUT2D eigenvalue weighted by molar-refractivity contribution is 7.89. The number of benzene rings is 2. The molecule has 0 radical (unpaired) electrons. The van der Waals surface area contributed by atoms with Crippen molar-refractivity contribution in [3.8, 4) is 0 Å². The molecule has 2 aromatic carbocycles. The number of nitrogens with two attached hydrogens (primary N) is 1. The van der Waals surface area contributed by atoms with Crippen LogP contribution in [-0.4, -0.2) is 20.9 Å². The third kappa shape index (κ3) is 6.89. The Bertz CT molecular complexity index is 980. The predicted molar refractivity (Wildman–Crippen MR) is 128 cm³/mol. The van der Waals surface area contributed by atoms with Gasteiger partial charge in [-0.15, -0.1) is 0 Å². The van der Waals surface area contributed by atoms with E-state index in [9.17, 15) is 13.2 Å². The lowest BCUT2D eigenvalue weighted by atomic mass is 9.83. The van der Waals surface area contributed by atoms with Gasteiger partial charge in [0, 0.05) is 12.6 Å². The fraction of sp³-hybridized carbons (Fsp3) is 0.480. The maximum absolute atomic E-state index is 12.4. The van der Waals surface area contributed by atoms with Crippen molar-refractivity contribution in [3.63, 3.8) is 0 Å². The Morgan fingerprint density at radius 2 is 1.62 bits per heavy atom. The quantitative estimate of drug-likeness (QED) is 0.530. The summed E-state index contributed by atoms with van der Waals surface area (Å²) in [5.41, 5.74) is 3.44. The first kappa shape index (κ1) is 24.4. The first-order valence-electron chi connectivity index (χ1n) is 11.5. The highest BCUT2D eigenvalue weighted by Gasteiger charge is 2.19. The van der Waals surface area contributed by atoms with Gasteiger partial charge >= 0.3 is 0 Å². The van der Waals surface area contributed by atoms with E-state index < -0.39 is 10.0 Å². The Morgan fingerprint density at radius 1 is 1.00 bits per heavy atom. The van der Waals surface area contributed by atoms with Crippen molar-refractivity contribution in [2.45, 2.75) is 69.4 Å². The largest absolute Gasteiger partial charge is 0.351 e. The minimum Gasteiger partial charge on any atom is -0.351 e. The molecular formula is C25H35N3O3S. The molecule has 1 amide bonds. The van der Waals surface area contributed by atoms with Crippen LogP contribution in [0, 0.1) is 5.92 Å². The van der Waals surface area contributed by atoms with E-state index in [4.69, 9.17) is 5.14 Å². The van der Waals surface area contributed by atoms with E-state index in [1.165, 1.54) is 55.4 Å². The first-order valence-corrected chi connectivity index (χ1v) is 13.0. The van der Waals surface area contributed by atoms with Gasteiger partial charge in [-0.05, 0) is 53.5 Å². The lowest BCUT2D eigenvalue weighted by molar-refractivity contribution is -0.120. The van der Waals surface area contributed by atoms with Crippen molar-refractivity contribution in [2.24, 2.45) is 11.1 Å². The normalized spacial score (nSPS) is 16.1. The number of hydrogen-bond donors (Lipinski definition) is 3. The Morgan fingerprint density at radius 3 is 2.19 bits per heavy atom. The number of carbonyl (C=O) groups is 1. The summed E-state index contributed by atoms with van der Waals surface area (Å²) in [5, 5.41) is 11.4. The SMILES string of the molecule is CC(C)C(NCC(=O)NCc1ccc(S(N)(=O)=O)cc1)c1ccc(C2CCCCC2)cc1. The molecule has 6 nitrogen and oxygen atoms in total. The monoisotopic (exact) mass is 457 g/mol. The fourth-order valence-electron chi connectivity index (χ4n) is 4.41. The van der Waals surface area contributed by atoms with Crippen LogP contribution in [0.4, 0.5) is 0 Å². The Labute approximate surface area is 192 Å². The maximum atomic E-state index is 12.4. The van der Waals surface area contributed by atoms with E-state index in [0.29, 0.717) is 18.4 Å². The van der Waals surface area contributed by atoms with Crippen LogP contribution in [-0.2, 0) is 21.4 Å². The Hall–Kier alpha value is -2.22. The molecule has 1 fully saturated rings. The van der Waals surface area contributed by atoms with Gasteiger partial charge in [-0.25, -0.2) is 13.6 Å².